The van der Waals surface area contributed by atoms with E-state index < -0.39 is 0 Å². The van der Waals surface area contributed by atoms with Gasteiger partial charge in [0.15, 0.2) is 5.58 Å². The summed E-state index contributed by atoms with van der Waals surface area (Å²) < 4.78 is 5.17. The Morgan fingerprint density at radius 3 is 2.75 bits per heavy atom. The van der Waals surface area contributed by atoms with Gasteiger partial charge in [-0.15, -0.1) is 0 Å². The largest absolute Gasteiger partial charge is 0.356 e. The molecule has 0 unspecified atom stereocenters. The zero-order chi connectivity index (χ0) is 13.9. The predicted octanol–water partition coefficient (Wildman–Crippen LogP) is 3.66. The molecule has 0 bridgehead atoms. The third-order valence-electron chi connectivity index (χ3n) is 2.93. The van der Waals surface area contributed by atoms with Crippen molar-refractivity contribution in [1.82, 2.24) is 5.16 Å². The van der Waals surface area contributed by atoms with Crippen LogP contribution in [0.1, 0.15) is 5.69 Å². The maximum Gasteiger partial charge on any atom is 0.230 e. The number of hydrogen-bond donors (Lipinski definition) is 1. The van der Waals surface area contributed by atoms with Crippen LogP contribution in [-0.2, 0) is 11.2 Å². The quantitative estimate of drug-likeness (QED) is 0.799. The highest BCUT2D eigenvalue weighted by Gasteiger charge is 2.12. The van der Waals surface area contributed by atoms with E-state index in [1.807, 2.05) is 36.4 Å². The summed E-state index contributed by atoms with van der Waals surface area (Å²) in [4.78, 5) is 12.0. The molecule has 0 saturated carbocycles. The van der Waals surface area contributed by atoms with Crippen molar-refractivity contribution in [3.05, 3.63) is 59.2 Å². The van der Waals surface area contributed by atoms with Crippen LogP contribution < -0.4 is 5.32 Å². The number of nitrogens with one attached hydrogen (secondary N) is 1. The van der Waals surface area contributed by atoms with E-state index in [2.05, 4.69) is 10.5 Å². The minimum Gasteiger partial charge on any atom is -0.356 e. The van der Waals surface area contributed by atoms with E-state index in [-0.39, 0.29) is 12.3 Å². The average Bonchev–Trinajstić information content (AvgIpc) is 2.85. The van der Waals surface area contributed by atoms with Crippen molar-refractivity contribution in [2.45, 2.75) is 6.42 Å². The molecule has 1 heterocycles. The van der Waals surface area contributed by atoms with E-state index in [0.29, 0.717) is 22.0 Å². The molecule has 3 rings (SSSR count). The van der Waals surface area contributed by atoms with Crippen molar-refractivity contribution in [2.24, 2.45) is 0 Å². The van der Waals surface area contributed by atoms with Gasteiger partial charge >= 0.3 is 0 Å². The number of hydrogen-bond acceptors (Lipinski definition) is 3. The maximum absolute atomic E-state index is 12.0. The van der Waals surface area contributed by atoms with E-state index in [1.165, 1.54) is 0 Å². The van der Waals surface area contributed by atoms with E-state index in [0.717, 1.165) is 5.39 Å². The first-order valence-corrected chi connectivity index (χ1v) is 6.49. The number of halogens is 1. The fraction of sp³-hybridized carbons (Fsp3) is 0.0667. The van der Waals surface area contributed by atoms with E-state index in [1.54, 1.807) is 12.1 Å². The first-order valence-electron chi connectivity index (χ1n) is 6.12. The molecule has 1 N–H and O–H groups in total. The molecule has 0 aliphatic heterocycles. The van der Waals surface area contributed by atoms with Crippen molar-refractivity contribution in [2.75, 3.05) is 5.32 Å². The van der Waals surface area contributed by atoms with Gasteiger partial charge in [0.25, 0.3) is 0 Å². The summed E-state index contributed by atoms with van der Waals surface area (Å²) >= 11 is 6.00. The fourth-order valence-corrected chi connectivity index (χ4v) is 2.16. The van der Waals surface area contributed by atoms with Crippen molar-refractivity contribution in [3.63, 3.8) is 0 Å². The zero-order valence-electron chi connectivity index (χ0n) is 10.5. The Morgan fingerprint density at radius 1 is 1.15 bits per heavy atom. The summed E-state index contributed by atoms with van der Waals surface area (Å²) in [5.74, 6) is -0.183. The predicted molar refractivity (Wildman–Crippen MR) is 77.8 cm³/mol. The van der Waals surface area contributed by atoms with Crippen molar-refractivity contribution >= 4 is 34.2 Å². The number of nitrogens with zero attached hydrogens (tertiary/aromatic N) is 1. The third kappa shape index (κ3) is 2.51. The van der Waals surface area contributed by atoms with Gasteiger partial charge in [-0.3, -0.25) is 4.79 Å². The number of anilines is 1. The minimum atomic E-state index is -0.183. The zero-order valence-corrected chi connectivity index (χ0v) is 11.2. The minimum absolute atomic E-state index is 0.141. The van der Waals surface area contributed by atoms with Gasteiger partial charge < -0.3 is 9.84 Å². The lowest BCUT2D eigenvalue weighted by Gasteiger charge is -2.05. The second kappa shape index (κ2) is 5.35. The van der Waals surface area contributed by atoms with Gasteiger partial charge in [0.1, 0.15) is 5.69 Å². The van der Waals surface area contributed by atoms with Gasteiger partial charge in [-0.2, -0.15) is 0 Å². The van der Waals surface area contributed by atoms with Crippen LogP contribution in [-0.4, -0.2) is 11.1 Å². The first kappa shape index (κ1) is 12.7. The molecule has 20 heavy (non-hydrogen) atoms. The van der Waals surface area contributed by atoms with Gasteiger partial charge in [0.2, 0.25) is 5.91 Å². The topological polar surface area (TPSA) is 55.1 Å². The van der Waals surface area contributed by atoms with Gasteiger partial charge in [-0.25, -0.2) is 0 Å². The average molecular weight is 287 g/mol. The van der Waals surface area contributed by atoms with Crippen molar-refractivity contribution in [1.29, 1.82) is 0 Å². The molecule has 0 aliphatic carbocycles. The summed E-state index contributed by atoms with van der Waals surface area (Å²) in [6.45, 7) is 0. The fourth-order valence-electron chi connectivity index (χ4n) is 1.97. The van der Waals surface area contributed by atoms with Gasteiger partial charge in [0, 0.05) is 5.39 Å². The van der Waals surface area contributed by atoms with Gasteiger partial charge in [0.05, 0.1) is 17.1 Å². The SMILES string of the molecule is O=C(Cc1noc2ccccc12)Nc1ccccc1Cl. The Kier molecular flexibility index (Phi) is 3.39. The normalized spacial score (nSPS) is 10.7. The van der Waals surface area contributed by atoms with Crippen LogP contribution in [0.25, 0.3) is 11.0 Å². The number of benzene rings is 2. The Morgan fingerprint density at radius 2 is 1.90 bits per heavy atom. The summed E-state index contributed by atoms with van der Waals surface area (Å²) in [5, 5.41) is 8.05. The summed E-state index contributed by atoms with van der Waals surface area (Å²) in [5.41, 5.74) is 1.88. The summed E-state index contributed by atoms with van der Waals surface area (Å²) in [6, 6.07) is 14.5. The summed E-state index contributed by atoms with van der Waals surface area (Å²) in [7, 11) is 0. The standard InChI is InChI=1S/C15H11ClN2O2/c16-11-6-2-3-7-12(11)17-15(19)9-13-10-5-1-4-8-14(10)20-18-13/h1-8H,9H2,(H,17,19). The van der Waals surface area contributed by atoms with Crippen LogP contribution in [0.15, 0.2) is 53.1 Å². The van der Waals surface area contributed by atoms with E-state index >= 15 is 0 Å². The Labute approximate surface area is 120 Å². The number of carbonyl (C=O) groups excluding carboxylic acids is 1. The monoisotopic (exact) mass is 286 g/mol. The smallest absolute Gasteiger partial charge is 0.230 e. The lowest BCUT2D eigenvalue weighted by molar-refractivity contribution is -0.115. The lowest BCUT2D eigenvalue weighted by atomic mass is 10.1. The first-order chi connectivity index (χ1) is 9.74. The molecule has 1 aromatic heterocycles. The van der Waals surface area contributed by atoms with E-state index in [9.17, 15) is 4.79 Å². The number of para-hydroxylation sites is 2. The molecular formula is C15H11ClN2O2. The van der Waals surface area contributed by atoms with Gasteiger partial charge in [-0.1, -0.05) is 41.0 Å². The van der Waals surface area contributed by atoms with Crippen LogP contribution >= 0.6 is 11.6 Å². The second-order valence-corrected chi connectivity index (χ2v) is 4.74. The molecule has 0 spiro atoms. The number of aromatic nitrogens is 1. The molecule has 0 saturated heterocycles. The van der Waals surface area contributed by atoms with Crippen LogP contribution in [0, 0.1) is 0 Å². The molecule has 2 aromatic carbocycles. The highest BCUT2D eigenvalue weighted by molar-refractivity contribution is 6.33. The molecule has 5 heteroatoms. The van der Waals surface area contributed by atoms with Crippen molar-refractivity contribution in [3.8, 4) is 0 Å². The van der Waals surface area contributed by atoms with Gasteiger partial charge in [-0.05, 0) is 24.3 Å². The highest BCUT2D eigenvalue weighted by Crippen LogP contribution is 2.22. The van der Waals surface area contributed by atoms with Crippen LogP contribution in [0.5, 0.6) is 0 Å². The summed E-state index contributed by atoms with van der Waals surface area (Å²) in [6.07, 6.45) is 0.141. The Balaban J connectivity index is 1.78. The van der Waals surface area contributed by atoms with Crippen LogP contribution in [0.4, 0.5) is 5.69 Å². The molecular weight excluding hydrogens is 276 g/mol. The molecule has 100 valence electrons. The molecule has 3 aromatic rings. The number of rotatable bonds is 3. The molecule has 0 fully saturated rings. The molecule has 1 amide bonds. The lowest BCUT2D eigenvalue weighted by Crippen LogP contribution is -2.14. The Bertz CT molecular complexity index is 767. The number of fused-ring (bicyclic) bond motifs is 1. The molecule has 0 aliphatic rings. The maximum atomic E-state index is 12.0. The molecule has 0 radical (unpaired) electrons. The third-order valence-corrected chi connectivity index (χ3v) is 3.26. The number of carbonyl (C=O) groups is 1. The van der Waals surface area contributed by atoms with Crippen LogP contribution in [0.3, 0.4) is 0 Å². The van der Waals surface area contributed by atoms with Crippen LogP contribution in [0.2, 0.25) is 5.02 Å². The number of amides is 1. The van der Waals surface area contributed by atoms with Crippen molar-refractivity contribution < 1.29 is 9.32 Å². The second-order valence-electron chi connectivity index (χ2n) is 4.33. The molecule has 0 atom stereocenters. The van der Waals surface area contributed by atoms with E-state index in [4.69, 9.17) is 16.1 Å². The highest BCUT2D eigenvalue weighted by atomic mass is 35.5. The molecule has 4 nitrogen and oxygen atoms in total. The Hall–Kier alpha value is -2.33.